The van der Waals surface area contributed by atoms with E-state index in [-0.39, 0.29) is 17.7 Å². The molecule has 0 aromatic heterocycles. The fraction of sp³-hybridized carbons (Fsp3) is 0.0588. The third kappa shape index (κ3) is 3.68. The standard InChI is InChI=1S/C17H11BrClNO2S/c18-14-4-2-1-3-12(14)10-20-16(21)15(23-17(20)22)9-11-5-7-13(19)8-6-11/h1-9H,10H2/b15-9+. The number of benzene rings is 2. The molecule has 0 bridgehead atoms. The Morgan fingerprint density at radius 3 is 2.48 bits per heavy atom. The van der Waals surface area contributed by atoms with E-state index in [1.807, 2.05) is 36.4 Å². The second-order valence-corrected chi connectivity index (χ2v) is 7.19. The van der Waals surface area contributed by atoms with Crippen LogP contribution >= 0.6 is 39.3 Å². The van der Waals surface area contributed by atoms with E-state index in [1.54, 1.807) is 18.2 Å². The van der Waals surface area contributed by atoms with Crippen molar-refractivity contribution in [2.24, 2.45) is 0 Å². The van der Waals surface area contributed by atoms with Crippen LogP contribution in [0.2, 0.25) is 5.02 Å². The second kappa shape index (κ2) is 6.91. The number of imide groups is 1. The molecule has 23 heavy (non-hydrogen) atoms. The van der Waals surface area contributed by atoms with Crippen LogP contribution in [0.1, 0.15) is 11.1 Å². The van der Waals surface area contributed by atoms with Crippen LogP contribution in [0.5, 0.6) is 0 Å². The molecule has 2 aromatic rings. The summed E-state index contributed by atoms with van der Waals surface area (Å²) in [7, 11) is 0. The predicted octanol–water partition coefficient (Wildman–Crippen LogP) is 5.34. The van der Waals surface area contributed by atoms with Gasteiger partial charge in [-0.15, -0.1) is 0 Å². The van der Waals surface area contributed by atoms with Crippen LogP contribution in [0.15, 0.2) is 57.9 Å². The molecule has 0 radical (unpaired) electrons. The quantitative estimate of drug-likeness (QED) is 0.643. The summed E-state index contributed by atoms with van der Waals surface area (Å²) in [4.78, 5) is 26.3. The van der Waals surface area contributed by atoms with E-state index in [0.29, 0.717) is 9.93 Å². The largest absolute Gasteiger partial charge is 0.293 e. The lowest BCUT2D eigenvalue weighted by Gasteiger charge is -2.13. The Morgan fingerprint density at radius 1 is 1.09 bits per heavy atom. The second-order valence-electron chi connectivity index (χ2n) is 4.91. The van der Waals surface area contributed by atoms with Gasteiger partial charge in [0.2, 0.25) is 0 Å². The van der Waals surface area contributed by atoms with E-state index in [9.17, 15) is 9.59 Å². The molecular formula is C17H11BrClNO2S. The number of hydrogen-bond acceptors (Lipinski definition) is 3. The van der Waals surface area contributed by atoms with Crippen LogP contribution in [0.25, 0.3) is 6.08 Å². The van der Waals surface area contributed by atoms with Crippen molar-refractivity contribution in [3.8, 4) is 0 Å². The molecule has 0 aliphatic carbocycles. The highest BCUT2D eigenvalue weighted by Gasteiger charge is 2.35. The van der Waals surface area contributed by atoms with Gasteiger partial charge in [0.25, 0.3) is 11.1 Å². The minimum atomic E-state index is -0.272. The first-order chi connectivity index (χ1) is 11.0. The maximum Gasteiger partial charge on any atom is 0.293 e. The first-order valence-electron chi connectivity index (χ1n) is 6.79. The van der Waals surface area contributed by atoms with Gasteiger partial charge in [0.15, 0.2) is 0 Å². The molecule has 1 aliphatic heterocycles. The van der Waals surface area contributed by atoms with Gasteiger partial charge in [-0.05, 0) is 47.2 Å². The monoisotopic (exact) mass is 407 g/mol. The topological polar surface area (TPSA) is 37.4 Å². The van der Waals surface area contributed by atoms with Gasteiger partial charge in [0.1, 0.15) is 0 Å². The first-order valence-corrected chi connectivity index (χ1v) is 8.77. The minimum Gasteiger partial charge on any atom is -0.268 e. The average molecular weight is 409 g/mol. The normalized spacial score (nSPS) is 16.4. The van der Waals surface area contributed by atoms with Gasteiger partial charge in [0.05, 0.1) is 11.4 Å². The van der Waals surface area contributed by atoms with Crippen molar-refractivity contribution >= 4 is 56.5 Å². The third-order valence-corrected chi connectivity index (χ3v) is 5.26. The van der Waals surface area contributed by atoms with Gasteiger partial charge in [-0.2, -0.15) is 0 Å². The molecule has 1 heterocycles. The highest BCUT2D eigenvalue weighted by Crippen LogP contribution is 2.34. The molecular weight excluding hydrogens is 398 g/mol. The molecule has 0 saturated carbocycles. The van der Waals surface area contributed by atoms with Crippen molar-refractivity contribution in [2.75, 3.05) is 0 Å². The maximum absolute atomic E-state index is 12.5. The lowest BCUT2D eigenvalue weighted by molar-refractivity contribution is -0.123. The zero-order valence-electron chi connectivity index (χ0n) is 11.8. The molecule has 6 heteroatoms. The van der Waals surface area contributed by atoms with Crippen LogP contribution in [0.4, 0.5) is 4.79 Å². The number of thioether (sulfide) groups is 1. The lowest BCUT2D eigenvalue weighted by Crippen LogP contribution is -2.27. The van der Waals surface area contributed by atoms with E-state index in [1.165, 1.54) is 4.90 Å². The molecule has 1 saturated heterocycles. The van der Waals surface area contributed by atoms with Crippen molar-refractivity contribution in [1.82, 2.24) is 4.90 Å². The fourth-order valence-electron chi connectivity index (χ4n) is 2.14. The average Bonchev–Trinajstić information content (AvgIpc) is 2.79. The van der Waals surface area contributed by atoms with Gasteiger partial charge in [-0.25, -0.2) is 0 Å². The highest BCUT2D eigenvalue weighted by molar-refractivity contribution is 9.10. The van der Waals surface area contributed by atoms with Gasteiger partial charge in [-0.1, -0.05) is 57.9 Å². The first kappa shape index (κ1) is 16.3. The molecule has 0 N–H and O–H groups in total. The van der Waals surface area contributed by atoms with Crippen molar-refractivity contribution in [2.45, 2.75) is 6.54 Å². The minimum absolute atomic E-state index is 0.254. The molecule has 2 amide bonds. The van der Waals surface area contributed by atoms with Crippen LogP contribution in [0.3, 0.4) is 0 Å². The summed E-state index contributed by atoms with van der Waals surface area (Å²) in [5, 5.41) is 0.371. The van der Waals surface area contributed by atoms with Crippen LogP contribution in [-0.4, -0.2) is 16.0 Å². The summed E-state index contributed by atoms with van der Waals surface area (Å²) in [6.07, 6.45) is 1.71. The van der Waals surface area contributed by atoms with Gasteiger partial charge in [0, 0.05) is 9.50 Å². The Labute approximate surface area is 151 Å². The summed E-state index contributed by atoms with van der Waals surface area (Å²) < 4.78 is 0.876. The summed E-state index contributed by atoms with van der Waals surface area (Å²) >= 11 is 10.2. The number of carbonyl (C=O) groups excluding carboxylic acids is 2. The Bertz CT molecular complexity index is 804. The zero-order valence-corrected chi connectivity index (χ0v) is 15.0. The molecule has 116 valence electrons. The number of carbonyl (C=O) groups is 2. The number of hydrogen-bond donors (Lipinski definition) is 0. The fourth-order valence-corrected chi connectivity index (χ4v) is 3.52. The van der Waals surface area contributed by atoms with Crippen molar-refractivity contribution in [1.29, 1.82) is 0 Å². The maximum atomic E-state index is 12.5. The molecule has 0 atom stereocenters. The Morgan fingerprint density at radius 2 is 1.78 bits per heavy atom. The van der Waals surface area contributed by atoms with E-state index in [2.05, 4.69) is 15.9 Å². The predicted molar refractivity (Wildman–Crippen MR) is 97.1 cm³/mol. The van der Waals surface area contributed by atoms with Gasteiger partial charge >= 0.3 is 0 Å². The van der Waals surface area contributed by atoms with Crippen molar-refractivity contribution in [3.63, 3.8) is 0 Å². The molecule has 0 spiro atoms. The van der Waals surface area contributed by atoms with Gasteiger partial charge in [-0.3, -0.25) is 14.5 Å². The summed E-state index contributed by atoms with van der Waals surface area (Å²) in [5.74, 6) is -0.272. The molecule has 3 rings (SSSR count). The lowest BCUT2D eigenvalue weighted by atomic mass is 10.2. The SMILES string of the molecule is O=C1S/C(=C/c2ccc(Cl)cc2)C(=O)N1Cc1ccccc1Br. The van der Waals surface area contributed by atoms with Crippen LogP contribution in [0, 0.1) is 0 Å². The van der Waals surface area contributed by atoms with Crippen LogP contribution in [-0.2, 0) is 11.3 Å². The number of rotatable bonds is 3. The highest BCUT2D eigenvalue weighted by atomic mass is 79.9. The van der Waals surface area contributed by atoms with Crippen LogP contribution < -0.4 is 0 Å². The van der Waals surface area contributed by atoms with E-state index in [4.69, 9.17) is 11.6 Å². The van der Waals surface area contributed by atoms with E-state index in [0.717, 1.165) is 27.4 Å². The molecule has 1 fully saturated rings. The zero-order chi connectivity index (χ0) is 16.4. The summed E-state index contributed by atoms with van der Waals surface area (Å²) in [6.45, 7) is 0.254. The summed E-state index contributed by atoms with van der Waals surface area (Å²) in [5.41, 5.74) is 1.73. The number of nitrogens with zero attached hydrogens (tertiary/aromatic N) is 1. The molecule has 3 nitrogen and oxygen atoms in total. The Kier molecular flexibility index (Phi) is 4.90. The Hall–Kier alpha value is -1.56. The third-order valence-electron chi connectivity index (χ3n) is 3.33. The van der Waals surface area contributed by atoms with Crippen molar-refractivity contribution < 1.29 is 9.59 Å². The smallest absolute Gasteiger partial charge is 0.268 e. The Balaban J connectivity index is 1.82. The van der Waals surface area contributed by atoms with E-state index >= 15 is 0 Å². The molecule has 2 aromatic carbocycles. The number of amides is 2. The molecule has 1 aliphatic rings. The van der Waals surface area contributed by atoms with Crippen molar-refractivity contribution in [3.05, 3.63) is 74.1 Å². The summed E-state index contributed by atoms with van der Waals surface area (Å²) in [6, 6.07) is 14.7. The molecule has 0 unspecified atom stereocenters. The number of halogens is 2. The van der Waals surface area contributed by atoms with E-state index < -0.39 is 0 Å². The van der Waals surface area contributed by atoms with Gasteiger partial charge < -0.3 is 0 Å².